The Morgan fingerprint density at radius 1 is 1.67 bits per heavy atom. The molecule has 0 saturated carbocycles. The van der Waals surface area contributed by atoms with E-state index in [1.165, 1.54) is 18.2 Å². The lowest BCUT2D eigenvalue weighted by atomic mass is 10.2. The van der Waals surface area contributed by atoms with Gasteiger partial charge in [0.2, 0.25) is 12.4 Å². The molecule has 0 fully saturated rings. The Morgan fingerprint density at radius 3 is 2.93 bits per heavy atom. The number of rotatable bonds is 4. The largest absolute Gasteiger partial charge is 0.493 e. The number of nitrogens with zero attached hydrogens (tertiary/aromatic N) is 1. The molecule has 0 aliphatic carbocycles. The maximum Gasteiger partial charge on any atom is 0.238 e. The molecule has 1 rings (SSSR count). The smallest absolute Gasteiger partial charge is 0.238 e. The Kier molecular flexibility index (Phi) is 4.46. The van der Waals surface area contributed by atoms with E-state index in [0.717, 1.165) is 0 Å². The summed E-state index contributed by atoms with van der Waals surface area (Å²) in [5.41, 5.74) is 0.286. The number of halogens is 2. The molecule has 0 radical (unpaired) electrons. The molecule has 0 N–H and O–H groups in total. The fraction of sp³-hybridized carbons (Fsp3) is 0.300. The first-order valence-corrected chi connectivity index (χ1v) is 5.11. The van der Waals surface area contributed by atoms with Gasteiger partial charge in [-0.3, -0.25) is 0 Å². The van der Waals surface area contributed by atoms with E-state index in [4.69, 9.17) is 4.74 Å². The normalized spacial score (nSPS) is 11.7. The number of ether oxygens (including phenoxy) is 1. The molecule has 1 aromatic rings. The van der Waals surface area contributed by atoms with Crippen molar-refractivity contribution in [3.05, 3.63) is 28.2 Å². The Hall–Kier alpha value is -1.19. The van der Waals surface area contributed by atoms with Crippen molar-refractivity contribution in [1.29, 1.82) is 0 Å². The second-order valence-electron chi connectivity index (χ2n) is 2.68. The Morgan fingerprint density at radius 2 is 2.40 bits per heavy atom. The molecule has 80 valence electrons. The Balaban J connectivity index is 2.95. The third-order valence-corrected chi connectivity index (χ3v) is 2.32. The van der Waals surface area contributed by atoms with Crippen molar-refractivity contribution in [1.82, 2.24) is 0 Å². The second kappa shape index (κ2) is 5.63. The van der Waals surface area contributed by atoms with E-state index in [2.05, 4.69) is 20.9 Å². The van der Waals surface area contributed by atoms with Crippen molar-refractivity contribution < 1.29 is 13.9 Å². The summed E-state index contributed by atoms with van der Waals surface area (Å²) in [5, 5.41) is 0. The molecule has 0 amide bonds. The lowest BCUT2D eigenvalue weighted by molar-refractivity contribution is 0.335. The minimum atomic E-state index is -1.67. The van der Waals surface area contributed by atoms with Gasteiger partial charge < -0.3 is 4.74 Å². The molecule has 0 saturated heterocycles. The number of hydrogen-bond acceptors (Lipinski definition) is 3. The summed E-state index contributed by atoms with van der Waals surface area (Å²) in [4.78, 5) is 12.9. The van der Waals surface area contributed by atoms with Gasteiger partial charge in [-0.1, -0.05) is 6.07 Å². The summed E-state index contributed by atoms with van der Waals surface area (Å²) in [6.07, 6.45) is -0.493. The molecule has 0 heterocycles. The van der Waals surface area contributed by atoms with Crippen molar-refractivity contribution >= 4 is 22.0 Å². The van der Waals surface area contributed by atoms with Crippen LogP contribution in [0, 0.1) is 0 Å². The Labute approximate surface area is 95.1 Å². The molecule has 15 heavy (non-hydrogen) atoms. The van der Waals surface area contributed by atoms with Crippen LogP contribution in [0.15, 0.2) is 27.7 Å². The summed E-state index contributed by atoms with van der Waals surface area (Å²) in [5.74, 6) is 0.628. The zero-order chi connectivity index (χ0) is 11.3. The highest BCUT2D eigenvalue weighted by Crippen LogP contribution is 2.29. The van der Waals surface area contributed by atoms with Gasteiger partial charge in [-0.15, -0.1) is 0 Å². The van der Waals surface area contributed by atoms with Crippen LogP contribution in [0.2, 0.25) is 0 Å². The first-order valence-electron chi connectivity index (χ1n) is 4.32. The number of aliphatic imine (C=N–C) groups is 1. The maximum absolute atomic E-state index is 13.1. The average molecular weight is 274 g/mol. The van der Waals surface area contributed by atoms with Crippen molar-refractivity contribution in [2.24, 2.45) is 4.99 Å². The molecule has 0 bridgehead atoms. The molecular weight excluding hydrogens is 265 g/mol. The lowest BCUT2D eigenvalue weighted by Gasteiger charge is -2.07. The molecule has 0 aromatic heterocycles. The van der Waals surface area contributed by atoms with Gasteiger partial charge in [0.25, 0.3) is 0 Å². The number of alkyl halides is 1. The molecule has 1 aromatic carbocycles. The van der Waals surface area contributed by atoms with E-state index >= 15 is 0 Å². The minimum absolute atomic E-state index is 0.286. The van der Waals surface area contributed by atoms with Crippen LogP contribution >= 0.6 is 15.9 Å². The van der Waals surface area contributed by atoms with E-state index in [9.17, 15) is 9.18 Å². The van der Waals surface area contributed by atoms with E-state index in [-0.39, 0.29) is 5.56 Å². The summed E-state index contributed by atoms with van der Waals surface area (Å²) in [6.45, 7) is 2.39. The predicted molar refractivity (Wildman–Crippen MR) is 57.3 cm³/mol. The topological polar surface area (TPSA) is 38.7 Å². The highest BCUT2D eigenvalue weighted by atomic mass is 79.9. The van der Waals surface area contributed by atoms with Gasteiger partial charge >= 0.3 is 0 Å². The zero-order valence-electron chi connectivity index (χ0n) is 8.04. The zero-order valence-corrected chi connectivity index (χ0v) is 9.62. The van der Waals surface area contributed by atoms with Gasteiger partial charge in [0, 0.05) is 5.56 Å². The van der Waals surface area contributed by atoms with Crippen molar-refractivity contribution in [2.75, 3.05) is 6.61 Å². The number of hydrogen-bond donors (Lipinski definition) is 0. The quantitative estimate of drug-likeness (QED) is 0.480. The van der Waals surface area contributed by atoms with E-state index in [1.54, 1.807) is 6.07 Å². The summed E-state index contributed by atoms with van der Waals surface area (Å²) in [6, 6.07) is 4.66. The Bertz CT molecular complexity index is 391. The SMILES string of the molecule is CCOc1ccc(C(F)N=C=O)cc1Br. The second-order valence-corrected chi connectivity index (χ2v) is 3.53. The monoisotopic (exact) mass is 273 g/mol. The van der Waals surface area contributed by atoms with Gasteiger partial charge in [0.05, 0.1) is 11.1 Å². The highest BCUT2D eigenvalue weighted by Gasteiger charge is 2.10. The van der Waals surface area contributed by atoms with Crippen LogP contribution in [-0.2, 0) is 4.79 Å². The average Bonchev–Trinajstić information content (AvgIpc) is 2.21. The summed E-state index contributed by atoms with van der Waals surface area (Å²) < 4.78 is 19.0. The van der Waals surface area contributed by atoms with Gasteiger partial charge in [-0.05, 0) is 35.0 Å². The summed E-state index contributed by atoms with van der Waals surface area (Å²) in [7, 11) is 0. The summed E-state index contributed by atoms with van der Waals surface area (Å²) >= 11 is 3.24. The molecule has 0 spiro atoms. The van der Waals surface area contributed by atoms with E-state index in [1.807, 2.05) is 6.92 Å². The molecular formula is C10H9BrFNO2. The predicted octanol–water partition coefficient (Wildman–Crippen LogP) is 3.15. The first-order chi connectivity index (χ1) is 7.19. The maximum atomic E-state index is 13.1. The number of benzene rings is 1. The van der Waals surface area contributed by atoms with Gasteiger partial charge in [0.15, 0.2) is 0 Å². The van der Waals surface area contributed by atoms with Crippen molar-refractivity contribution in [3.8, 4) is 5.75 Å². The van der Waals surface area contributed by atoms with Gasteiger partial charge in [-0.25, -0.2) is 9.18 Å². The van der Waals surface area contributed by atoms with Gasteiger partial charge in [0.1, 0.15) is 5.75 Å². The van der Waals surface area contributed by atoms with Crippen LogP contribution in [0.3, 0.4) is 0 Å². The van der Waals surface area contributed by atoms with E-state index < -0.39 is 6.30 Å². The van der Waals surface area contributed by atoms with Crippen molar-refractivity contribution in [3.63, 3.8) is 0 Å². The van der Waals surface area contributed by atoms with Crippen LogP contribution in [0.25, 0.3) is 0 Å². The third-order valence-electron chi connectivity index (χ3n) is 1.70. The highest BCUT2D eigenvalue weighted by molar-refractivity contribution is 9.10. The molecule has 3 nitrogen and oxygen atoms in total. The molecule has 1 unspecified atom stereocenters. The standard InChI is InChI=1S/C10H9BrFNO2/c1-2-15-9-4-3-7(5-8(9)11)10(12)13-6-14/h3-5,10H,2H2,1H3. The fourth-order valence-corrected chi connectivity index (χ4v) is 1.57. The fourth-order valence-electron chi connectivity index (χ4n) is 1.06. The van der Waals surface area contributed by atoms with Crippen LogP contribution in [0.4, 0.5) is 4.39 Å². The van der Waals surface area contributed by atoms with Crippen LogP contribution in [-0.4, -0.2) is 12.7 Å². The molecule has 5 heteroatoms. The first kappa shape index (κ1) is 11.9. The lowest BCUT2D eigenvalue weighted by Crippen LogP contribution is -1.94. The minimum Gasteiger partial charge on any atom is -0.493 e. The van der Waals surface area contributed by atoms with Gasteiger partial charge in [-0.2, -0.15) is 4.99 Å². The third kappa shape index (κ3) is 3.15. The molecule has 0 aliphatic rings. The molecule has 0 aliphatic heterocycles. The van der Waals surface area contributed by atoms with Crippen LogP contribution < -0.4 is 4.74 Å². The van der Waals surface area contributed by atoms with E-state index in [0.29, 0.717) is 16.8 Å². The van der Waals surface area contributed by atoms with Crippen LogP contribution in [0.5, 0.6) is 5.75 Å². The number of isocyanates is 1. The number of carbonyl (C=O) groups excluding carboxylic acids is 1. The van der Waals surface area contributed by atoms with Crippen LogP contribution in [0.1, 0.15) is 18.8 Å². The van der Waals surface area contributed by atoms with Crippen molar-refractivity contribution in [2.45, 2.75) is 13.2 Å². The molecule has 1 atom stereocenters.